The first-order chi connectivity index (χ1) is 9.89. The Morgan fingerprint density at radius 1 is 1.00 bits per heavy atom. The van der Waals surface area contributed by atoms with Crippen LogP contribution >= 0.6 is 0 Å². The van der Waals surface area contributed by atoms with Crippen molar-refractivity contribution in [2.45, 2.75) is 26.1 Å². The summed E-state index contributed by atoms with van der Waals surface area (Å²) in [6.07, 6.45) is 0. The van der Waals surface area contributed by atoms with Crippen molar-refractivity contribution in [2.75, 3.05) is 4.72 Å². The molecule has 0 spiro atoms. The largest absolute Gasteiger partial charge is 0.326 e. The van der Waals surface area contributed by atoms with Gasteiger partial charge in [-0.05, 0) is 48.2 Å². The second kappa shape index (κ2) is 6.28. The zero-order valence-corrected chi connectivity index (χ0v) is 13.1. The average Bonchev–Trinajstić information content (AvgIpc) is 2.42. The highest BCUT2D eigenvalue weighted by Gasteiger charge is 2.12. The molecule has 0 bridgehead atoms. The molecular weight excluding hydrogens is 284 g/mol. The molecule has 0 saturated heterocycles. The van der Waals surface area contributed by atoms with E-state index in [0.29, 0.717) is 12.2 Å². The minimum absolute atomic E-state index is 0.0617. The van der Waals surface area contributed by atoms with E-state index in [-0.39, 0.29) is 5.75 Å². The molecule has 5 heteroatoms. The number of anilines is 1. The van der Waals surface area contributed by atoms with Gasteiger partial charge in [-0.15, -0.1) is 0 Å². The molecule has 0 fully saturated rings. The Bertz CT molecular complexity index is 740. The Morgan fingerprint density at radius 2 is 1.71 bits per heavy atom. The molecule has 0 aliphatic carbocycles. The number of hydrogen-bond acceptors (Lipinski definition) is 3. The van der Waals surface area contributed by atoms with Crippen LogP contribution in [0.4, 0.5) is 5.69 Å². The molecule has 21 heavy (non-hydrogen) atoms. The van der Waals surface area contributed by atoms with E-state index in [1.807, 2.05) is 44.2 Å². The molecule has 0 aromatic heterocycles. The van der Waals surface area contributed by atoms with Crippen molar-refractivity contribution in [3.8, 4) is 0 Å². The first kappa shape index (κ1) is 15.5. The van der Waals surface area contributed by atoms with Gasteiger partial charge in [0.05, 0.1) is 5.75 Å². The molecule has 0 unspecified atom stereocenters. The van der Waals surface area contributed by atoms with Crippen molar-refractivity contribution >= 4 is 15.7 Å². The third-order valence-corrected chi connectivity index (χ3v) is 4.62. The SMILES string of the molecule is Cc1ccc(NS(=O)(=O)Cc2cccc(CN)c2)cc1C. The zero-order chi connectivity index (χ0) is 15.5. The second-order valence-corrected chi connectivity index (χ2v) is 6.91. The van der Waals surface area contributed by atoms with E-state index in [4.69, 9.17) is 5.73 Å². The third-order valence-electron chi connectivity index (χ3n) is 3.36. The molecule has 112 valence electrons. The predicted octanol–water partition coefficient (Wildman–Crippen LogP) is 2.70. The van der Waals surface area contributed by atoms with Crippen molar-refractivity contribution in [2.24, 2.45) is 5.73 Å². The summed E-state index contributed by atoms with van der Waals surface area (Å²) in [5.41, 5.74) is 10.0. The summed E-state index contributed by atoms with van der Waals surface area (Å²) in [5.74, 6) is -0.0617. The Kier molecular flexibility index (Phi) is 4.65. The lowest BCUT2D eigenvalue weighted by Gasteiger charge is -2.10. The number of sulfonamides is 1. The summed E-state index contributed by atoms with van der Waals surface area (Å²) >= 11 is 0. The summed E-state index contributed by atoms with van der Waals surface area (Å²) in [6.45, 7) is 4.35. The van der Waals surface area contributed by atoms with Crippen LogP contribution in [0.25, 0.3) is 0 Å². The molecule has 4 nitrogen and oxygen atoms in total. The maximum absolute atomic E-state index is 12.2. The fourth-order valence-corrected chi connectivity index (χ4v) is 3.26. The van der Waals surface area contributed by atoms with Crippen molar-refractivity contribution in [1.29, 1.82) is 0 Å². The maximum Gasteiger partial charge on any atom is 0.236 e. The predicted molar refractivity (Wildman–Crippen MR) is 86.5 cm³/mol. The van der Waals surface area contributed by atoms with E-state index in [1.54, 1.807) is 12.1 Å². The Morgan fingerprint density at radius 3 is 2.38 bits per heavy atom. The summed E-state index contributed by atoms with van der Waals surface area (Å²) in [7, 11) is -3.43. The van der Waals surface area contributed by atoms with E-state index < -0.39 is 10.0 Å². The van der Waals surface area contributed by atoms with Gasteiger partial charge < -0.3 is 5.73 Å². The lowest BCUT2D eigenvalue weighted by Crippen LogP contribution is -2.15. The highest BCUT2D eigenvalue weighted by atomic mass is 32.2. The van der Waals surface area contributed by atoms with Gasteiger partial charge in [-0.3, -0.25) is 4.72 Å². The van der Waals surface area contributed by atoms with E-state index in [9.17, 15) is 8.42 Å². The van der Waals surface area contributed by atoms with Gasteiger partial charge in [-0.1, -0.05) is 30.3 Å². The van der Waals surface area contributed by atoms with Crippen LogP contribution in [0.3, 0.4) is 0 Å². The van der Waals surface area contributed by atoms with Crippen molar-refractivity contribution in [3.05, 3.63) is 64.7 Å². The van der Waals surface area contributed by atoms with Crippen LogP contribution in [-0.4, -0.2) is 8.42 Å². The standard InChI is InChI=1S/C16H20N2O2S/c1-12-6-7-16(8-13(12)2)18-21(19,20)11-15-5-3-4-14(9-15)10-17/h3-9,18H,10-11,17H2,1-2H3. The molecule has 0 saturated carbocycles. The topological polar surface area (TPSA) is 72.2 Å². The van der Waals surface area contributed by atoms with E-state index >= 15 is 0 Å². The fourth-order valence-electron chi connectivity index (χ4n) is 2.09. The molecule has 0 atom stereocenters. The van der Waals surface area contributed by atoms with Crippen LogP contribution < -0.4 is 10.5 Å². The molecule has 2 rings (SSSR count). The molecule has 0 radical (unpaired) electrons. The van der Waals surface area contributed by atoms with Gasteiger partial charge in [0.2, 0.25) is 10.0 Å². The van der Waals surface area contributed by atoms with Crippen LogP contribution in [0.5, 0.6) is 0 Å². The van der Waals surface area contributed by atoms with Crippen LogP contribution in [0.2, 0.25) is 0 Å². The smallest absolute Gasteiger partial charge is 0.236 e. The molecular formula is C16H20N2O2S. The third kappa shape index (κ3) is 4.31. The van der Waals surface area contributed by atoms with Crippen LogP contribution in [-0.2, 0) is 22.3 Å². The molecule has 2 aromatic rings. The summed E-state index contributed by atoms with van der Waals surface area (Å²) < 4.78 is 27.1. The Labute approximate surface area is 126 Å². The van der Waals surface area contributed by atoms with Gasteiger partial charge in [-0.25, -0.2) is 8.42 Å². The Balaban J connectivity index is 2.16. The number of benzene rings is 2. The van der Waals surface area contributed by atoms with E-state index in [0.717, 1.165) is 22.3 Å². The van der Waals surface area contributed by atoms with E-state index in [2.05, 4.69) is 4.72 Å². The van der Waals surface area contributed by atoms with Crippen LogP contribution in [0, 0.1) is 13.8 Å². The highest BCUT2D eigenvalue weighted by Crippen LogP contribution is 2.17. The quantitative estimate of drug-likeness (QED) is 0.892. The number of nitrogens with one attached hydrogen (secondary N) is 1. The van der Waals surface area contributed by atoms with Gasteiger partial charge in [0.15, 0.2) is 0 Å². The van der Waals surface area contributed by atoms with E-state index in [1.165, 1.54) is 0 Å². The van der Waals surface area contributed by atoms with Crippen molar-refractivity contribution < 1.29 is 8.42 Å². The molecule has 0 amide bonds. The van der Waals surface area contributed by atoms with Gasteiger partial charge in [0.1, 0.15) is 0 Å². The molecule has 0 aliphatic rings. The summed E-state index contributed by atoms with van der Waals surface area (Å²) in [5, 5.41) is 0. The maximum atomic E-state index is 12.2. The van der Waals surface area contributed by atoms with Crippen molar-refractivity contribution in [3.63, 3.8) is 0 Å². The zero-order valence-electron chi connectivity index (χ0n) is 12.3. The number of aryl methyl sites for hydroxylation is 2. The number of hydrogen-bond donors (Lipinski definition) is 2. The minimum Gasteiger partial charge on any atom is -0.326 e. The summed E-state index contributed by atoms with van der Waals surface area (Å²) in [6, 6.07) is 12.8. The van der Waals surface area contributed by atoms with Gasteiger partial charge in [0.25, 0.3) is 0 Å². The van der Waals surface area contributed by atoms with Crippen molar-refractivity contribution in [1.82, 2.24) is 0 Å². The normalized spacial score (nSPS) is 11.4. The molecule has 2 aromatic carbocycles. The van der Waals surface area contributed by atoms with Crippen LogP contribution in [0.15, 0.2) is 42.5 Å². The molecule has 0 aliphatic heterocycles. The number of nitrogens with two attached hydrogens (primary N) is 1. The van der Waals surface area contributed by atoms with Gasteiger partial charge in [-0.2, -0.15) is 0 Å². The monoisotopic (exact) mass is 304 g/mol. The lowest BCUT2D eigenvalue weighted by molar-refractivity contribution is 0.600. The lowest BCUT2D eigenvalue weighted by atomic mass is 10.1. The Hall–Kier alpha value is -1.85. The second-order valence-electron chi connectivity index (χ2n) is 5.18. The van der Waals surface area contributed by atoms with Crippen LogP contribution in [0.1, 0.15) is 22.3 Å². The first-order valence-electron chi connectivity index (χ1n) is 6.75. The first-order valence-corrected chi connectivity index (χ1v) is 8.40. The summed E-state index contributed by atoms with van der Waals surface area (Å²) in [4.78, 5) is 0. The minimum atomic E-state index is -3.43. The van der Waals surface area contributed by atoms with Gasteiger partial charge >= 0.3 is 0 Å². The average molecular weight is 304 g/mol. The number of rotatable bonds is 5. The molecule has 0 heterocycles. The van der Waals surface area contributed by atoms with Gasteiger partial charge in [0, 0.05) is 12.2 Å². The fraction of sp³-hybridized carbons (Fsp3) is 0.250. The highest BCUT2D eigenvalue weighted by molar-refractivity contribution is 7.91. The molecule has 3 N–H and O–H groups in total.